The molecule has 2 aliphatic rings. The Morgan fingerprint density at radius 3 is 2.85 bits per heavy atom. The lowest BCUT2D eigenvalue weighted by Crippen LogP contribution is -2.48. The van der Waals surface area contributed by atoms with Gasteiger partial charge in [-0.05, 0) is 26.0 Å². The molecule has 0 aromatic heterocycles. The van der Waals surface area contributed by atoms with Crippen LogP contribution in [0, 0.1) is 6.92 Å². The van der Waals surface area contributed by atoms with Gasteiger partial charge in [0.2, 0.25) is 0 Å². The molecule has 1 saturated heterocycles. The van der Waals surface area contributed by atoms with E-state index in [1.165, 1.54) is 11.1 Å². The van der Waals surface area contributed by atoms with E-state index >= 15 is 0 Å². The van der Waals surface area contributed by atoms with Crippen LogP contribution >= 0.6 is 0 Å². The number of fused-ring (bicyclic) bond motifs is 1. The SMILES string of the molecule is CCCNC1CC2(CCOCC2)Oc2ccc(C)cc21. The molecule has 20 heavy (non-hydrogen) atoms. The molecule has 3 nitrogen and oxygen atoms in total. The number of hydrogen-bond acceptors (Lipinski definition) is 3. The number of ether oxygens (including phenoxy) is 2. The van der Waals surface area contributed by atoms with Crippen molar-refractivity contribution >= 4 is 0 Å². The smallest absolute Gasteiger partial charge is 0.124 e. The predicted molar refractivity (Wildman–Crippen MR) is 80.2 cm³/mol. The highest BCUT2D eigenvalue weighted by Gasteiger charge is 2.42. The van der Waals surface area contributed by atoms with E-state index in [0.717, 1.165) is 51.2 Å². The molecule has 1 atom stereocenters. The summed E-state index contributed by atoms with van der Waals surface area (Å²) in [4.78, 5) is 0. The monoisotopic (exact) mass is 275 g/mol. The summed E-state index contributed by atoms with van der Waals surface area (Å²) in [5, 5.41) is 3.71. The number of benzene rings is 1. The van der Waals surface area contributed by atoms with Gasteiger partial charge in [0.15, 0.2) is 0 Å². The molecule has 0 radical (unpaired) electrons. The van der Waals surface area contributed by atoms with Crippen LogP contribution < -0.4 is 10.1 Å². The Balaban J connectivity index is 1.90. The van der Waals surface area contributed by atoms with E-state index in [1.54, 1.807) is 0 Å². The largest absolute Gasteiger partial charge is 0.487 e. The first-order valence-corrected chi connectivity index (χ1v) is 7.83. The minimum Gasteiger partial charge on any atom is -0.487 e. The minimum atomic E-state index is -0.0219. The zero-order chi connectivity index (χ0) is 14.0. The summed E-state index contributed by atoms with van der Waals surface area (Å²) in [6, 6.07) is 6.97. The maximum atomic E-state index is 6.41. The molecule has 110 valence electrons. The molecule has 1 aromatic rings. The van der Waals surface area contributed by atoms with Gasteiger partial charge in [-0.1, -0.05) is 24.6 Å². The van der Waals surface area contributed by atoms with Crippen molar-refractivity contribution in [3.63, 3.8) is 0 Å². The summed E-state index contributed by atoms with van der Waals surface area (Å²) in [7, 11) is 0. The molecule has 0 saturated carbocycles. The fourth-order valence-electron chi connectivity index (χ4n) is 3.34. The quantitative estimate of drug-likeness (QED) is 0.917. The molecule has 1 aromatic carbocycles. The van der Waals surface area contributed by atoms with Crippen molar-refractivity contribution in [3.05, 3.63) is 29.3 Å². The summed E-state index contributed by atoms with van der Waals surface area (Å²) < 4.78 is 11.9. The third kappa shape index (κ3) is 2.70. The highest BCUT2D eigenvalue weighted by atomic mass is 16.5. The van der Waals surface area contributed by atoms with Crippen molar-refractivity contribution in [3.8, 4) is 5.75 Å². The van der Waals surface area contributed by atoms with Gasteiger partial charge in [-0.3, -0.25) is 0 Å². The van der Waals surface area contributed by atoms with Crippen LogP contribution in [0.2, 0.25) is 0 Å². The van der Waals surface area contributed by atoms with E-state index in [1.807, 2.05) is 0 Å². The Kier molecular flexibility index (Phi) is 3.99. The molecule has 0 aliphatic carbocycles. The van der Waals surface area contributed by atoms with Crippen LogP contribution in [0.5, 0.6) is 5.75 Å². The third-order valence-electron chi connectivity index (χ3n) is 4.49. The van der Waals surface area contributed by atoms with Crippen molar-refractivity contribution in [2.75, 3.05) is 19.8 Å². The van der Waals surface area contributed by atoms with Crippen LogP contribution in [-0.2, 0) is 4.74 Å². The molecule has 1 fully saturated rings. The van der Waals surface area contributed by atoms with Gasteiger partial charge in [0.1, 0.15) is 11.4 Å². The Hall–Kier alpha value is -1.06. The summed E-state index contributed by atoms with van der Waals surface area (Å²) in [5.74, 6) is 1.07. The Labute approximate surface area is 121 Å². The molecule has 3 heteroatoms. The highest BCUT2D eigenvalue weighted by Crippen LogP contribution is 2.44. The fraction of sp³-hybridized carbons (Fsp3) is 0.647. The summed E-state index contributed by atoms with van der Waals surface area (Å²) in [6.45, 7) is 7.07. The van der Waals surface area contributed by atoms with Crippen LogP contribution in [0.3, 0.4) is 0 Å². The molecule has 1 unspecified atom stereocenters. The van der Waals surface area contributed by atoms with Crippen LogP contribution in [-0.4, -0.2) is 25.4 Å². The Morgan fingerprint density at radius 1 is 1.30 bits per heavy atom. The van der Waals surface area contributed by atoms with Gasteiger partial charge in [0, 0.05) is 30.9 Å². The van der Waals surface area contributed by atoms with Crippen LogP contribution in [0.15, 0.2) is 18.2 Å². The maximum Gasteiger partial charge on any atom is 0.124 e. The van der Waals surface area contributed by atoms with E-state index in [9.17, 15) is 0 Å². The molecule has 1 N–H and O–H groups in total. The first-order chi connectivity index (χ1) is 9.72. The van der Waals surface area contributed by atoms with E-state index in [2.05, 4.69) is 37.4 Å². The zero-order valence-corrected chi connectivity index (χ0v) is 12.6. The molecule has 0 bridgehead atoms. The minimum absolute atomic E-state index is 0.0219. The average Bonchev–Trinajstić information content (AvgIpc) is 2.46. The summed E-state index contributed by atoms with van der Waals surface area (Å²) in [5.41, 5.74) is 2.61. The summed E-state index contributed by atoms with van der Waals surface area (Å²) >= 11 is 0. The van der Waals surface area contributed by atoms with Crippen molar-refractivity contribution in [2.24, 2.45) is 0 Å². The van der Waals surface area contributed by atoms with Crippen LogP contribution in [0.25, 0.3) is 0 Å². The van der Waals surface area contributed by atoms with E-state index in [0.29, 0.717) is 6.04 Å². The van der Waals surface area contributed by atoms with Gasteiger partial charge < -0.3 is 14.8 Å². The highest BCUT2D eigenvalue weighted by molar-refractivity contribution is 5.41. The van der Waals surface area contributed by atoms with E-state index < -0.39 is 0 Å². The molecular formula is C17H25NO2. The summed E-state index contributed by atoms with van der Waals surface area (Å²) in [6.07, 6.45) is 4.23. The molecule has 2 aliphatic heterocycles. The van der Waals surface area contributed by atoms with Crippen molar-refractivity contribution in [2.45, 2.75) is 51.2 Å². The number of nitrogens with one attached hydrogen (secondary N) is 1. The van der Waals surface area contributed by atoms with Gasteiger partial charge in [-0.25, -0.2) is 0 Å². The van der Waals surface area contributed by atoms with Gasteiger partial charge in [-0.15, -0.1) is 0 Å². The zero-order valence-electron chi connectivity index (χ0n) is 12.6. The second kappa shape index (κ2) is 5.74. The normalized spacial score (nSPS) is 24.2. The van der Waals surface area contributed by atoms with Crippen LogP contribution in [0.1, 0.15) is 49.8 Å². The number of aryl methyl sites for hydroxylation is 1. The van der Waals surface area contributed by atoms with Gasteiger partial charge in [0.25, 0.3) is 0 Å². The first-order valence-electron chi connectivity index (χ1n) is 7.83. The van der Waals surface area contributed by atoms with Gasteiger partial charge in [0.05, 0.1) is 13.2 Å². The van der Waals surface area contributed by atoms with Gasteiger partial charge in [-0.2, -0.15) is 0 Å². The number of hydrogen-bond donors (Lipinski definition) is 1. The molecule has 1 spiro atoms. The first kappa shape index (κ1) is 13.9. The van der Waals surface area contributed by atoms with Crippen molar-refractivity contribution < 1.29 is 9.47 Å². The number of rotatable bonds is 3. The second-order valence-corrected chi connectivity index (χ2v) is 6.15. The van der Waals surface area contributed by atoms with E-state index in [-0.39, 0.29) is 5.60 Å². The molecule has 3 rings (SSSR count). The fourth-order valence-corrected chi connectivity index (χ4v) is 3.34. The maximum absolute atomic E-state index is 6.41. The predicted octanol–water partition coefficient (Wildman–Crippen LogP) is 3.37. The topological polar surface area (TPSA) is 30.5 Å². The average molecular weight is 275 g/mol. The van der Waals surface area contributed by atoms with E-state index in [4.69, 9.17) is 9.47 Å². The van der Waals surface area contributed by atoms with Crippen LogP contribution in [0.4, 0.5) is 0 Å². The van der Waals surface area contributed by atoms with Crippen molar-refractivity contribution in [1.82, 2.24) is 5.32 Å². The lowest BCUT2D eigenvalue weighted by atomic mass is 9.81. The lowest BCUT2D eigenvalue weighted by Gasteiger charge is -2.44. The molecular weight excluding hydrogens is 250 g/mol. The second-order valence-electron chi connectivity index (χ2n) is 6.15. The molecule has 0 amide bonds. The Bertz CT molecular complexity index is 466. The standard InChI is InChI=1S/C17H25NO2/c1-3-8-18-15-12-17(6-9-19-10-7-17)20-16-5-4-13(2)11-14(15)16/h4-5,11,15,18H,3,6-10,12H2,1-2H3. The third-order valence-corrected chi connectivity index (χ3v) is 4.49. The van der Waals surface area contributed by atoms with Gasteiger partial charge >= 0.3 is 0 Å². The molecule has 2 heterocycles. The lowest BCUT2D eigenvalue weighted by molar-refractivity contribution is -0.0645. The van der Waals surface area contributed by atoms with Crippen molar-refractivity contribution in [1.29, 1.82) is 0 Å². The Morgan fingerprint density at radius 2 is 2.10 bits per heavy atom.